The van der Waals surface area contributed by atoms with Gasteiger partial charge in [-0.1, -0.05) is 28.1 Å². The Labute approximate surface area is 139 Å². The molecule has 2 atom stereocenters. The highest BCUT2D eigenvalue weighted by Gasteiger charge is 2.46. The second-order valence-corrected chi connectivity index (χ2v) is 8.89. The lowest BCUT2D eigenvalue weighted by molar-refractivity contribution is -0.133. The largest absolute Gasteiger partial charge is 0.340 e. The fourth-order valence-corrected chi connectivity index (χ4v) is 4.29. The summed E-state index contributed by atoms with van der Waals surface area (Å²) in [4.78, 5) is 14.3. The number of nitrogens with zero attached hydrogens (tertiary/aromatic N) is 2. The van der Waals surface area contributed by atoms with E-state index in [0.29, 0.717) is 32.1 Å². The summed E-state index contributed by atoms with van der Waals surface area (Å²) in [6.45, 7) is 1.79. The van der Waals surface area contributed by atoms with Crippen LogP contribution in [0.3, 0.4) is 0 Å². The molecule has 0 bridgehead atoms. The normalized spacial score (nSPS) is 26.0. The maximum atomic E-state index is 12.5. The van der Waals surface area contributed by atoms with Gasteiger partial charge >= 0.3 is 0 Å². The van der Waals surface area contributed by atoms with Gasteiger partial charge in [0.25, 0.3) is 0 Å². The zero-order valence-corrected chi connectivity index (χ0v) is 14.8. The lowest BCUT2D eigenvalue weighted by Gasteiger charge is -2.33. The first-order valence-electron chi connectivity index (χ1n) is 7.35. The zero-order chi connectivity index (χ0) is 15.9. The summed E-state index contributed by atoms with van der Waals surface area (Å²) in [6, 6.07) is 8.10. The Hall–Kier alpha value is -0.920. The van der Waals surface area contributed by atoms with E-state index < -0.39 is 10.0 Å². The number of rotatable bonds is 3. The summed E-state index contributed by atoms with van der Waals surface area (Å²) in [5, 5.41) is 0. The Morgan fingerprint density at radius 3 is 2.50 bits per heavy atom. The van der Waals surface area contributed by atoms with Crippen LogP contribution in [0.5, 0.6) is 0 Å². The van der Waals surface area contributed by atoms with Gasteiger partial charge in [-0.15, -0.1) is 0 Å². The summed E-state index contributed by atoms with van der Waals surface area (Å²) < 4.78 is 25.5. The summed E-state index contributed by atoms with van der Waals surface area (Å²) in [5.74, 6) is 0.523. The van der Waals surface area contributed by atoms with Gasteiger partial charge in [0.05, 0.1) is 6.26 Å². The van der Waals surface area contributed by atoms with Gasteiger partial charge in [-0.3, -0.25) is 4.79 Å². The second-order valence-electron chi connectivity index (χ2n) is 5.99. The van der Waals surface area contributed by atoms with Gasteiger partial charge in [0.2, 0.25) is 15.9 Å². The fraction of sp³-hybridized carbons (Fsp3) is 0.533. The topological polar surface area (TPSA) is 57.7 Å². The van der Waals surface area contributed by atoms with Crippen molar-refractivity contribution in [3.05, 3.63) is 34.3 Å². The number of piperazine rings is 1. The monoisotopic (exact) mass is 386 g/mol. The Morgan fingerprint density at radius 2 is 1.91 bits per heavy atom. The number of hydrogen-bond donors (Lipinski definition) is 0. The molecule has 22 heavy (non-hydrogen) atoms. The molecule has 0 aromatic heterocycles. The van der Waals surface area contributed by atoms with Gasteiger partial charge < -0.3 is 4.90 Å². The van der Waals surface area contributed by atoms with Crippen LogP contribution in [-0.2, 0) is 14.8 Å². The third-order valence-electron chi connectivity index (χ3n) is 4.40. The summed E-state index contributed by atoms with van der Waals surface area (Å²) in [6.07, 6.45) is 2.11. The molecule has 1 heterocycles. The van der Waals surface area contributed by atoms with Crippen molar-refractivity contribution in [2.75, 3.05) is 32.4 Å². The molecule has 1 aliphatic carbocycles. The van der Waals surface area contributed by atoms with Gasteiger partial charge in [0, 0.05) is 36.6 Å². The third kappa shape index (κ3) is 3.36. The molecule has 2 unspecified atom stereocenters. The van der Waals surface area contributed by atoms with Crippen LogP contribution < -0.4 is 0 Å². The zero-order valence-electron chi connectivity index (χ0n) is 12.4. The van der Waals surface area contributed by atoms with Gasteiger partial charge in [-0.2, -0.15) is 4.31 Å². The molecule has 1 saturated heterocycles. The van der Waals surface area contributed by atoms with Crippen LogP contribution in [-0.4, -0.2) is 56.0 Å². The number of sulfonamides is 1. The lowest BCUT2D eigenvalue weighted by Crippen LogP contribution is -2.50. The molecule has 7 heteroatoms. The summed E-state index contributed by atoms with van der Waals surface area (Å²) in [7, 11) is -3.15. The van der Waals surface area contributed by atoms with Gasteiger partial charge in [0.1, 0.15) is 0 Å². The molecule has 120 valence electrons. The average molecular weight is 387 g/mol. The third-order valence-corrected chi connectivity index (χ3v) is 6.20. The van der Waals surface area contributed by atoms with Crippen LogP contribution in [0.1, 0.15) is 17.9 Å². The number of carbonyl (C=O) groups excluding carboxylic acids is 1. The molecule has 3 rings (SSSR count). The van der Waals surface area contributed by atoms with E-state index in [-0.39, 0.29) is 11.8 Å². The maximum absolute atomic E-state index is 12.5. The minimum absolute atomic E-state index is 0.0547. The van der Waals surface area contributed by atoms with Crippen LogP contribution in [0, 0.1) is 5.92 Å². The lowest BCUT2D eigenvalue weighted by atomic mass is 10.1. The average Bonchev–Trinajstić information content (AvgIpc) is 3.26. The number of halogens is 1. The summed E-state index contributed by atoms with van der Waals surface area (Å²) >= 11 is 3.46. The Balaban J connectivity index is 1.58. The van der Waals surface area contributed by atoms with Crippen LogP contribution in [0.15, 0.2) is 28.7 Å². The molecule has 2 aliphatic rings. The van der Waals surface area contributed by atoms with E-state index in [1.54, 1.807) is 0 Å². The van der Waals surface area contributed by atoms with Crippen molar-refractivity contribution in [2.24, 2.45) is 5.92 Å². The number of carbonyl (C=O) groups is 1. The summed E-state index contributed by atoms with van der Waals surface area (Å²) in [5.41, 5.74) is 1.20. The van der Waals surface area contributed by atoms with Crippen LogP contribution in [0.2, 0.25) is 0 Å². The Morgan fingerprint density at radius 1 is 1.23 bits per heavy atom. The molecule has 0 N–H and O–H groups in total. The first kappa shape index (κ1) is 16.0. The Bertz CT molecular complexity index is 684. The molecular weight excluding hydrogens is 368 g/mol. The molecular formula is C15H19BrN2O3S. The predicted molar refractivity (Wildman–Crippen MR) is 88.0 cm³/mol. The molecule has 1 saturated carbocycles. The van der Waals surface area contributed by atoms with Gasteiger partial charge in [-0.25, -0.2) is 8.42 Å². The van der Waals surface area contributed by atoms with Crippen molar-refractivity contribution < 1.29 is 13.2 Å². The van der Waals surface area contributed by atoms with Crippen molar-refractivity contribution in [3.63, 3.8) is 0 Å². The second kappa shape index (κ2) is 5.94. The van der Waals surface area contributed by atoms with Gasteiger partial charge in [-0.05, 0) is 30.0 Å². The number of benzene rings is 1. The van der Waals surface area contributed by atoms with Gasteiger partial charge in [0.15, 0.2) is 0 Å². The first-order chi connectivity index (χ1) is 10.4. The Kier molecular flexibility index (Phi) is 4.31. The molecule has 5 nitrogen and oxygen atoms in total. The van der Waals surface area contributed by atoms with Crippen molar-refractivity contribution in [1.82, 2.24) is 9.21 Å². The highest BCUT2D eigenvalue weighted by Crippen LogP contribution is 2.48. The molecule has 1 aromatic rings. The first-order valence-corrected chi connectivity index (χ1v) is 10.00. The smallest absolute Gasteiger partial charge is 0.226 e. The molecule has 1 amide bonds. The molecule has 1 aromatic carbocycles. The van der Waals surface area contributed by atoms with E-state index in [4.69, 9.17) is 0 Å². The van der Waals surface area contributed by atoms with E-state index in [1.165, 1.54) is 16.1 Å². The van der Waals surface area contributed by atoms with E-state index in [1.807, 2.05) is 17.0 Å². The fourth-order valence-electron chi connectivity index (χ4n) is 3.05. The van der Waals surface area contributed by atoms with E-state index in [0.717, 1.165) is 10.9 Å². The van der Waals surface area contributed by atoms with E-state index in [9.17, 15) is 13.2 Å². The number of amides is 1. The highest BCUT2D eigenvalue weighted by molar-refractivity contribution is 9.10. The minimum atomic E-state index is -3.15. The molecule has 1 aliphatic heterocycles. The van der Waals surface area contributed by atoms with Crippen LogP contribution >= 0.6 is 15.9 Å². The molecule has 0 radical (unpaired) electrons. The minimum Gasteiger partial charge on any atom is -0.340 e. The van der Waals surface area contributed by atoms with Crippen LogP contribution in [0.25, 0.3) is 0 Å². The van der Waals surface area contributed by atoms with Crippen LogP contribution in [0.4, 0.5) is 0 Å². The standard InChI is InChI=1S/C15H19BrN2O3S/c1-22(20,21)18-7-5-17(6-8-18)15(19)14-10-13(14)11-3-2-4-12(16)9-11/h2-4,9,13-14H,5-8,10H2,1H3. The van der Waals surface area contributed by atoms with Crippen molar-refractivity contribution in [1.29, 1.82) is 0 Å². The highest BCUT2D eigenvalue weighted by atomic mass is 79.9. The number of hydrogen-bond acceptors (Lipinski definition) is 3. The van der Waals surface area contributed by atoms with Crippen molar-refractivity contribution in [2.45, 2.75) is 12.3 Å². The maximum Gasteiger partial charge on any atom is 0.226 e. The van der Waals surface area contributed by atoms with Crippen molar-refractivity contribution >= 4 is 31.9 Å². The quantitative estimate of drug-likeness (QED) is 0.793. The molecule has 2 fully saturated rings. The van der Waals surface area contributed by atoms with Crippen molar-refractivity contribution in [3.8, 4) is 0 Å². The van der Waals surface area contributed by atoms with E-state index >= 15 is 0 Å². The van der Waals surface area contributed by atoms with E-state index in [2.05, 4.69) is 28.1 Å². The predicted octanol–water partition coefficient (Wildman–Crippen LogP) is 1.66. The molecule has 0 spiro atoms. The SMILES string of the molecule is CS(=O)(=O)N1CCN(C(=O)C2CC2c2cccc(Br)c2)CC1.